The quantitative estimate of drug-likeness (QED) is 0.552. The predicted octanol–water partition coefficient (Wildman–Crippen LogP) is 3.69. The number of hydrogen-bond acceptors (Lipinski definition) is 4. The minimum Gasteiger partial charge on any atom is -0.350 e. The molecule has 1 atom stereocenters. The summed E-state index contributed by atoms with van der Waals surface area (Å²) in [6.45, 7) is 6.54. The van der Waals surface area contributed by atoms with Crippen molar-refractivity contribution in [2.45, 2.75) is 45.8 Å². The van der Waals surface area contributed by atoms with E-state index >= 15 is 0 Å². The molecule has 33 heavy (non-hydrogen) atoms. The molecule has 0 heterocycles. The van der Waals surface area contributed by atoms with Crippen molar-refractivity contribution < 1.29 is 22.4 Å². The molecule has 0 aliphatic heterocycles. The van der Waals surface area contributed by atoms with Gasteiger partial charge in [-0.15, -0.1) is 0 Å². The van der Waals surface area contributed by atoms with Crippen LogP contribution in [0.4, 0.5) is 10.1 Å². The number of carbonyl (C=O) groups excluding carboxylic acids is 2. The van der Waals surface area contributed by atoms with Crippen molar-refractivity contribution in [3.05, 3.63) is 64.4 Å². The van der Waals surface area contributed by atoms with Crippen molar-refractivity contribution in [3.8, 4) is 0 Å². The highest BCUT2D eigenvalue weighted by Crippen LogP contribution is 2.28. The minimum absolute atomic E-state index is 0.00536. The smallest absolute Gasteiger partial charge is 0.244 e. The molecule has 10 heteroatoms. The normalized spacial score (nSPS) is 12.7. The van der Waals surface area contributed by atoms with Gasteiger partial charge in [-0.3, -0.25) is 13.9 Å². The van der Waals surface area contributed by atoms with E-state index in [1.54, 1.807) is 31.2 Å². The summed E-state index contributed by atoms with van der Waals surface area (Å²) in [6, 6.07) is 11.3. The summed E-state index contributed by atoms with van der Waals surface area (Å²) in [5.41, 5.74) is 0.387. The number of rotatable bonds is 8. The molecule has 0 saturated carbocycles. The lowest BCUT2D eigenvalue weighted by Gasteiger charge is -2.33. The topological polar surface area (TPSA) is 86.8 Å². The van der Waals surface area contributed by atoms with Gasteiger partial charge >= 0.3 is 0 Å². The number of sulfonamides is 1. The molecule has 180 valence electrons. The monoisotopic (exact) mass is 541 g/mol. The lowest BCUT2D eigenvalue weighted by atomic mass is 10.1. The Kier molecular flexibility index (Phi) is 8.64. The zero-order valence-electron chi connectivity index (χ0n) is 19.3. The molecule has 0 aliphatic carbocycles. The van der Waals surface area contributed by atoms with Crippen LogP contribution in [0.1, 0.15) is 33.3 Å². The van der Waals surface area contributed by atoms with E-state index in [2.05, 4.69) is 21.2 Å². The van der Waals surface area contributed by atoms with Crippen molar-refractivity contribution in [1.29, 1.82) is 0 Å². The summed E-state index contributed by atoms with van der Waals surface area (Å²) in [7, 11) is -3.82. The van der Waals surface area contributed by atoms with Crippen molar-refractivity contribution in [3.63, 3.8) is 0 Å². The van der Waals surface area contributed by atoms with E-state index in [9.17, 15) is 22.4 Å². The number of anilines is 1. The van der Waals surface area contributed by atoms with Crippen LogP contribution in [0, 0.1) is 5.82 Å². The molecular formula is C23H29BrFN3O4S. The van der Waals surface area contributed by atoms with Gasteiger partial charge in [0.1, 0.15) is 18.4 Å². The Hall–Kier alpha value is -2.46. The second-order valence-corrected chi connectivity index (χ2v) is 11.5. The number of benzene rings is 2. The fourth-order valence-corrected chi connectivity index (χ4v) is 4.57. The number of carbonyl (C=O) groups is 2. The lowest BCUT2D eigenvalue weighted by molar-refractivity contribution is -0.140. The molecule has 1 unspecified atom stereocenters. The predicted molar refractivity (Wildman–Crippen MR) is 131 cm³/mol. The van der Waals surface area contributed by atoms with Crippen LogP contribution in [0.15, 0.2) is 53.0 Å². The largest absolute Gasteiger partial charge is 0.350 e. The van der Waals surface area contributed by atoms with Crippen LogP contribution in [-0.2, 0) is 26.2 Å². The number of para-hydroxylation sites is 1. The highest BCUT2D eigenvalue weighted by molar-refractivity contribution is 9.10. The number of nitrogens with one attached hydrogen (secondary N) is 1. The molecule has 2 amide bonds. The molecule has 0 aromatic heterocycles. The van der Waals surface area contributed by atoms with Gasteiger partial charge in [-0.25, -0.2) is 12.8 Å². The Bertz CT molecular complexity index is 1100. The summed E-state index contributed by atoms with van der Waals surface area (Å²) in [6.07, 6.45) is 1.01. The van der Waals surface area contributed by atoms with Crippen LogP contribution in [0.2, 0.25) is 0 Å². The van der Waals surface area contributed by atoms with Crippen molar-refractivity contribution in [2.24, 2.45) is 0 Å². The van der Waals surface area contributed by atoms with Crippen LogP contribution in [0.5, 0.6) is 0 Å². The number of hydrogen-bond donors (Lipinski definition) is 1. The highest BCUT2D eigenvalue weighted by atomic mass is 79.9. The summed E-state index contributed by atoms with van der Waals surface area (Å²) >= 11 is 3.33. The van der Waals surface area contributed by atoms with Gasteiger partial charge in [0.2, 0.25) is 21.8 Å². The van der Waals surface area contributed by atoms with E-state index in [1.807, 2.05) is 20.8 Å². The second kappa shape index (κ2) is 10.6. The van der Waals surface area contributed by atoms with Crippen LogP contribution in [0.25, 0.3) is 0 Å². The third-order valence-corrected chi connectivity index (χ3v) is 6.53. The molecule has 0 radical (unpaired) electrons. The Morgan fingerprint density at radius 3 is 2.18 bits per heavy atom. The zero-order valence-corrected chi connectivity index (χ0v) is 21.7. The maximum Gasteiger partial charge on any atom is 0.244 e. The van der Waals surface area contributed by atoms with Gasteiger partial charge in [-0.05, 0) is 73.5 Å². The van der Waals surface area contributed by atoms with Crippen LogP contribution in [0.3, 0.4) is 0 Å². The van der Waals surface area contributed by atoms with Gasteiger partial charge < -0.3 is 10.2 Å². The number of amides is 2. The zero-order chi connectivity index (χ0) is 25.0. The average Bonchev–Trinajstić information content (AvgIpc) is 2.69. The third kappa shape index (κ3) is 7.82. The van der Waals surface area contributed by atoms with E-state index in [0.717, 1.165) is 10.6 Å². The standard InChI is InChI=1S/C23H29BrFN3O4S/c1-16(22(30)26-23(2,3)4)27(14-17-10-12-18(25)13-11-17)21(29)15-28(33(5,31)32)20-9-7-6-8-19(20)24/h6-13,16H,14-15H2,1-5H3,(H,26,30). The fourth-order valence-electron chi connectivity index (χ4n) is 3.09. The van der Waals surface area contributed by atoms with E-state index in [4.69, 9.17) is 0 Å². The number of halogens is 2. The lowest BCUT2D eigenvalue weighted by Crippen LogP contribution is -2.54. The van der Waals surface area contributed by atoms with Crippen molar-refractivity contribution in [2.75, 3.05) is 17.1 Å². The molecule has 2 rings (SSSR count). The van der Waals surface area contributed by atoms with Crippen molar-refractivity contribution in [1.82, 2.24) is 10.2 Å². The highest BCUT2D eigenvalue weighted by Gasteiger charge is 2.31. The van der Waals surface area contributed by atoms with Crippen LogP contribution < -0.4 is 9.62 Å². The van der Waals surface area contributed by atoms with E-state index in [1.165, 1.54) is 29.2 Å². The molecule has 7 nitrogen and oxygen atoms in total. The molecule has 0 bridgehead atoms. The first-order valence-corrected chi connectivity index (χ1v) is 12.9. The average molecular weight is 542 g/mol. The van der Waals surface area contributed by atoms with E-state index < -0.39 is 39.9 Å². The first-order chi connectivity index (χ1) is 15.2. The SMILES string of the molecule is CC(C(=O)NC(C)(C)C)N(Cc1ccc(F)cc1)C(=O)CN(c1ccccc1Br)S(C)(=O)=O. The van der Waals surface area contributed by atoms with Crippen LogP contribution >= 0.6 is 15.9 Å². The van der Waals surface area contributed by atoms with Gasteiger partial charge in [0.15, 0.2) is 0 Å². The molecule has 1 N–H and O–H groups in total. The van der Waals surface area contributed by atoms with Crippen molar-refractivity contribution >= 4 is 43.5 Å². The van der Waals surface area contributed by atoms with Crippen LogP contribution in [-0.4, -0.2) is 49.5 Å². The maximum atomic E-state index is 13.4. The molecule has 0 spiro atoms. The van der Waals surface area contributed by atoms with E-state index in [-0.39, 0.29) is 12.5 Å². The van der Waals surface area contributed by atoms with Gasteiger partial charge in [0, 0.05) is 16.6 Å². The third-order valence-electron chi connectivity index (χ3n) is 4.73. The Morgan fingerprint density at radius 2 is 1.67 bits per heavy atom. The van der Waals surface area contributed by atoms with Gasteiger partial charge in [-0.2, -0.15) is 0 Å². The van der Waals surface area contributed by atoms with E-state index in [0.29, 0.717) is 15.7 Å². The first kappa shape index (κ1) is 26.8. The molecule has 0 aliphatic rings. The Morgan fingerprint density at radius 1 is 1.09 bits per heavy atom. The second-order valence-electron chi connectivity index (χ2n) is 8.78. The molecule has 2 aromatic rings. The molecule has 2 aromatic carbocycles. The van der Waals surface area contributed by atoms with Gasteiger partial charge in [0.25, 0.3) is 0 Å². The van der Waals surface area contributed by atoms with Gasteiger partial charge in [0.05, 0.1) is 11.9 Å². The van der Waals surface area contributed by atoms with Gasteiger partial charge in [-0.1, -0.05) is 24.3 Å². The summed E-state index contributed by atoms with van der Waals surface area (Å²) in [4.78, 5) is 27.6. The Labute approximate surface area is 203 Å². The summed E-state index contributed by atoms with van der Waals surface area (Å²) in [5.74, 6) is -1.38. The first-order valence-electron chi connectivity index (χ1n) is 10.3. The molecule has 0 fully saturated rings. The fraction of sp³-hybridized carbons (Fsp3) is 0.391. The molecule has 0 saturated heterocycles. The summed E-state index contributed by atoms with van der Waals surface area (Å²) < 4.78 is 39.9. The maximum absolute atomic E-state index is 13.4. The minimum atomic E-state index is -3.82. The Balaban J connectivity index is 2.41. The number of nitrogens with zero attached hydrogens (tertiary/aromatic N) is 2. The summed E-state index contributed by atoms with van der Waals surface area (Å²) in [5, 5.41) is 2.84. The molecular weight excluding hydrogens is 513 g/mol.